The zero-order valence-corrected chi connectivity index (χ0v) is 8.03. The lowest BCUT2D eigenvalue weighted by atomic mass is 10.1. The van der Waals surface area contributed by atoms with Crippen LogP contribution in [-0.2, 0) is 11.2 Å². The first-order chi connectivity index (χ1) is 6.52. The van der Waals surface area contributed by atoms with Crippen molar-refractivity contribution >= 4 is 17.6 Å². The molecule has 0 saturated carbocycles. The average molecular weight is 216 g/mol. The number of aliphatic carboxylic acids is 1. The molecule has 76 valence electrons. The molecule has 1 aromatic rings. The van der Waals surface area contributed by atoms with E-state index in [0.717, 1.165) is 0 Å². The highest BCUT2D eigenvalue weighted by atomic mass is 35.5. The Morgan fingerprint density at radius 1 is 1.57 bits per heavy atom. The van der Waals surface area contributed by atoms with E-state index in [1.54, 1.807) is 12.1 Å². The van der Waals surface area contributed by atoms with E-state index in [0.29, 0.717) is 5.56 Å². The van der Waals surface area contributed by atoms with Gasteiger partial charge < -0.3 is 15.9 Å². The topological polar surface area (TPSA) is 83.5 Å². The molecular formula is C9H10ClNO3. The second-order valence-electron chi connectivity index (χ2n) is 2.90. The van der Waals surface area contributed by atoms with E-state index >= 15 is 0 Å². The first-order valence-corrected chi connectivity index (χ1v) is 4.35. The number of carbonyl (C=O) groups is 1. The first kappa shape index (κ1) is 10.8. The van der Waals surface area contributed by atoms with Gasteiger partial charge in [0.15, 0.2) is 0 Å². The fraction of sp³-hybridized carbons (Fsp3) is 0.222. The number of phenols is 1. The molecule has 0 bridgehead atoms. The molecule has 0 aliphatic heterocycles. The first-order valence-electron chi connectivity index (χ1n) is 3.97. The molecule has 4 N–H and O–H groups in total. The van der Waals surface area contributed by atoms with Gasteiger partial charge in [-0.25, -0.2) is 0 Å². The number of hydrogen-bond donors (Lipinski definition) is 3. The number of aromatic hydroxyl groups is 1. The Kier molecular flexibility index (Phi) is 3.33. The molecule has 0 heterocycles. The molecule has 1 aromatic carbocycles. The lowest BCUT2D eigenvalue weighted by molar-refractivity contribution is -0.138. The second kappa shape index (κ2) is 4.30. The fourth-order valence-corrected chi connectivity index (χ4v) is 1.25. The molecule has 1 unspecified atom stereocenters. The highest BCUT2D eigenvalue weighted by molar-refractivity contribution is 6.32. The van der Waals surface area contributed by atoms with Crippen LogP contribution in [0.3, 0.4) is 0 Å². The van der Waals surface area contributed by atoms with Crippen LogP contribution in [0.15, 0.2) is 18.2 Å². The third-order valence-corrected chi connectivity index (χ3v) is 2.25. The smallest absolute Gasteiger partial charge is 0.320 e. The molecule has 0 spiro atoms. The summed E-state index contributed by atoms with van der Waals surface area (Å²) in [5, 5.41) is 18.0. The molecule has 1 rings (SSSR count). The second-order valence-corrected chi connectivity index (χ2v) is 3.28. The standard InChI is InChI=1S/C9H10ClNO3/c10-8-5(2-1-3-7(8)12)4-6(11)9(13)14/h1-3,6,12H,4,11H2,(H,13,14). The normalized spacial score (nSPS) is 12.4. The molecule has 0 aromatic heterocycles. The summed E-state index contributed by atoms with van der Waals surface area (Å²) in [5.74, 6) is -1.16. The molecule has 0 amide bonds. The van der Waals surface area contributed by atoms with Crippen molar-refractivity contribution in [3.63, 3.8) is 0 Å². The summed E-state index contributed by atoms with van der Waals surface area (Å²) < 4.78 is 0. The molecular weight excluding hydrogens is 206 g/mol. The van der Waals surface area contributed by atoms with Gasteiger partial charge in [-0.05, 0) is 18.1 Å². The fourth-order valence-electron chi connectivity index (χ4n) is 1.05. The third kappa shape index (κ3) is 2.37. The van der Waals surface area contributed by atoms with Crippen LogP contribution in [0.5, 0.6) is 5.75 Å². The summed E-state index contributed by atoms with van der Waals surface area (Å²) in [6.45, 7) is 0. The summed E-state index contributed by atoms with van der Waals surface area (Å²) in [7, 11) is 0. The molecule has 0 fully saturated rings. The molecule has 0 aliphatic rings. The van der Waals surface area contributed by atoms with Gasteiger partial charge in [0.2, 0.25) is 0 Å². The predicted molar refractivity (Wildman–Crippen MR) is 52.4 cm³/mol. The van der Waals surface area contributed by atoms with Crippen molar-refractivity contribution in [2.24, 2.45) is 5.73 Å². The summed E-state index contributed by atoms with van der Waals surface area (Å²) in [6, 6.07) is 3.64. The van der Waals surface area contributed by atoms with Crippen LogP contribution >= 0.6 is 11.6 Å². The number of benzene rings is 1. The van der Waals surface area contributed by atoms with Gasteiger partial charge in [0, 0.05) is 0 Å². The van der Waals surface area contributed by atoms with Crippen molar-refractivity contribution in [2.75, 3.05) is 0 Å². The van der Waals surface area contributed by atoms with E-state index in [2.05, 4.69) is 0 Å². The van der Waals surface area contributed by atoms with E-state index in [9.17, 15) is 9.90 Å². The van der Waals surface area contributed by atoms with Gasteiger partial charge in [0.25, 0.3) is 0 Å². The number of carboxylic acids is 1. The average Bonchev–Trinajstić information content (AvgIpc) is 2.12. The minimum Gasteiger partial charge on any atom is -0.506 e. The SMILES string of the molecule is NC(Cc1cccc(O)c1Cl)C(=O)O. The van der Waals surface area contributed by atoms with Crippen LogP contribution in [0.2, 0.25) is 5.02 Å². The Morgan fingerprint density at radius 2 is 2.21 bits per heavy atom. The quantitative estimate of drug-likeness (QED) is 0.703. The van der Waals surface area contributed by atoms with E-state index in [1.807, 2.05) is 0 Å². The van der Waals surface area contributed by atoms with Crippen LogP contribution in [0.25, 0.3) is 0 Å². The predicted octanol–water partition coefficient (Wildman–Crippen LogP) is 1.00. The van der Waals surface area contributed by atoms with Gasteiger partial charge in [-0.3, -0.25) is 4.79 Å². The highest BCUT2D eigenvalue weighted by Crippen LogP contribution is 2.27. The highest BCUT2D eigenvalue weighted by Gasteiger charge is 2.14. The van der Waals surface area contributed by atoms with Gasteiger partial charge >= 0.3 is 5.97 Å². The maximum absolute atomic E-state index is 10.5. The summed E-state index contributed by atoms with van der Waals surface area (Å²) in [6.07, 6.45) is 0.0998. The van der Waals surface area contributed by atoms with E-state index in [-0.39, 0.29) is 17.2 Å². The van der Waals surface area contributed by atoms with Crippen molar-refractivity contribution in [3.8, 4) is 5.75 Å². The Bertz CT molecular complexity index is 354. The number of nitrogens with two attached hydrogens (primary N) is 1. The maximum atomic E-state index is 10.5. The summed E-state index contributed by atoms with van der Waals surface area (Å²) in [5.41, 5.74) is 5.86. The summed E-state index contributed by atoms with van der Waals surface area (Å²) >= 11 is 5.74. The lowest BCUT2D eigenvalue weighted by Gasteiger charge is -2.08. The van der Waals surface area contributed by atoms with Crippen LogP contribution in [0, 0.1) is 0 Å². The molecule has 14 heavy (non-hydrogen) atoms. The van der Waals surface area contributed by atoms with E-state index in [1.165, 1.54) is 6.07 Å². The van der Waals surface area contributed by atoms with Crippen LogP contribution in [-0.4, -0.2) is 22.2 Å². The Labute approximate surface area is 85.9 Å². The zero-order valence-electron chi connectivity index (χ0n) is 7.27. The molecule has 0 saturated heterocycles. The number of phenolic OH excluding ortho intramolecular Hbond substituents is 1. The Balaban J connectivity index is 2.87. The minimum atomic E-state index is -1.09. The van der Waals surface area contributed by atoms with Crippen molar-refractivity contribution in [3.05, 3.63) is 28.8 Å². The van der Waals surface area contributed by atoms with E-state index < -0.39 is 12.0 Å². The minimum absolute atomic E-state index is 0.0678. The molecule has 4 nitrogen and oxygen atoms in total. The number of rotatable bonds is 3. The van der Waals surface area contributed by atoms with Gasteiger partial charge in [-0.15, -0.1) is 0 Å². The van der Waals surface area contributed by atoms with Crippen LogP contribution in [0.4, 0.5) is 0 Å². The van der Waals surface area contributed by atoms with Gasteiger partial charge in [0.1, 0.15) is 11.8 Å². The molecule has 0 radical (unpaired) electrons. The molecule has 5 heteroatoms. The number of halogens is 1. The lowest BCUT2D eigenvalue weighted by Crippen LogP contribution is -2.32. The number of hydrogen-bond acceptors (Lipinski definition) is 3. The molecule has 1 atom stereocenters. The largest absolute Gasteiger partial charge is 0.506 e. The van der Waals surface area contributed by atoms with Crippen molar-refractivity contribution in [1.29, 1.82) is 0 Å². The third-order valence-electron chi connectivity index (χ3n) is 1.82. The van der Waals surface area contributed by atoms with Crippen LogP contribution < -0.4 is 5.73 Å². The van der Waals surface area contributed by atoms with Crippen molar-refractivity contribution < 1.29 is 15.0 Å². The maximum Gasteiger partial charge on any atom is 0.320 e. The van der Waals surface area contributed by atoms with Crippen molar-refractivity contribution in [2.45, 2.75) is 12.5 Å². The van der Waals surface area contributed by atoms with Gasteiger partial charge in [0.05, 0.1) is 5.02 Å². The Morgan fingerprint density at radius 3 is 2.79 bits per heavy atom. The van der Waals surface area contributed by atoms with E-state index in [4.69, 9.17) is 22.4 Å². The van der Waals surface area contributed by atoms with Crippen molar-refractivity contribution in [1.82, 2.24) is 0 Å². The zero-order chi connectivity index (χ0) is 10.7. The monoisotopic (exact) mass is 215 g/mol. The summed E-state index contributed by atoms with van der Waals surface area (Å²) in [4.78, 5) is 10.5. The molecule has 0 aliphatic carbocycles. The number of carboxylic acid groups (broad SMARTS) is 1. The Hall–Kier alpha value is -1.26. The van der Waals surface area contributed by atoms with Gasteiger partial charge in [-0.1, -0.05) is 23.7 Å². The van der Waals surface area contributed by atoms with Crippen LogP contribution in [0.1, 0.15) is 5.56 Å². The van der Waals surface area contributed by atoms with Gasteiger partial charge in [-0.2, -0.15) is 0 Å².